The highest BCUT2D eigenvalue weighted by atomic mass is 16.5. The fourth-order valence-electron chi connectivity index (χ4n) is 1.69. The Labute approximate surface area is 109 Å². The number of nitrogens with one attached hydrogen (secondary N) is 2. The number of rotatable bonds is 6. The van der Waals surface area contributed by atoms with E-state index in [1.165, 1.54) is 0 Å². The van der Waals surface area contributed by atoms with E-state index >= 15 is 0 Å². The number of carbonyl (C=O) groups is 1. The van der Waals surface area contributed by atoms with Crippen molar-refractivity contribution in [2.24, 2.45) is 5.92 Å². The summed E-state index contributed by atoms with van der Waals surface area (Å²) in [5.74, 6) is 1.27. The summed E-state index contributed by atoms with van der Waals surface area (Å²) in [4.78, 5) is 11.7. The Kier molecular flexibility index (Phi) is 6.05. The largest absolute Gasteiger partial charge is 0.497 e. The van der Waals surface area contributed by atoms with Gasteiger partial charge in [0.25, 0.3) is 0 Å². The minimum Gasteiger partial charge on any atom is -0.497 e. The van der Waals surface area contributed by atoms with Gasteiger partial charge in [0, 0.05) is 18.3 Å². The molecular formula is C14H22N2O2. The van der Waals surface area contributed by atoms with Crippen molar-refractivity contribution in [1.82, 2.24) is 5.32 Å². The Bertz CT molecular complexity index is 376. The monoisotopic (exact) mass is 250 g/mol. The van der Waals surface area contributed by atoms with Gasteiger partial charge in [-0.1, -0.05) is 32.8 Å². The van der Waals surface area contributed by atoms with Gasteiger partial charge >= 0.3 is 6.03 Å². The zero-order chi connectivity index (χ0) is 13.4. The third-order valence-electron chi connectivity index (χ3n) is 3.03. The first kappa shape index (κ1) is 14.4. The number of hydrogen-bond donors (Lipinski definition) is 2. The summed E-state index contributed by atoms with van der Waals surface area (Å²) < 4.78 is 5.10. The Morgan fingerprint density at radius 2 is 2.06 bits per heavy atom. The molecule has 4 heteroatoms. The number of urea groups is 1. The van der Waals surface area contributed by atoms with Gasteiger partial charge < -0.3 is 15.4 Å². The summed E-state index contributed by atoms with van der Waals surface area (Å²) in [7, 11) is 1.60. The fraction of sp³-hybridized carbons (Fsp3) is 0.500. The third-order valence-corrected chi connectivity index (χ3v) is 3.03. The van der Waals surface area contributed by atoms with Crippen LogP contribution in [0.25, 0.3) is 0 Å². The normalized spacial score (nSPS) is 10.2. The van der Waals surface area contributed by atoms with Gasteiger partial charge in [-0.25, -0.2) is 4.79 Å². The smallest absolute Gasteiger partial charge is 0.319 e. The molecule has 0 unspecified atom stereocenters. The molecule has 2 N–H and O–H groups in total. The molecule has 0 atom stereocenters. The van der Waals surface area contributed by atoms with E-state index in [9.17, 15) is 4.79 Å². The first-order valence-electron chi connectivity index (χ1n) is 6.38. The van der Waals surface area contributed by atoms with Crippen molar-refractivity contribution in [3.63, 3.8) is 0 Å². The van der Waals surface area contributed by atoms with E-state index in [1.807, 2.05) is 18.2 Å². The maximum Gasteiger partial charge on any atom is 0.319 e. The number of carbonyl (C=O) groups excluding carboxylic acids is 1. The van der Waals surface area contributed by atoms with Crippen molar-refractivity contribution in [2.75, 3.05) is 19.0 Å². The van der Waals surface area contributed by atoms with E-state index in [1.54, 1.807) is 13.2 Å². The van der Waals surface area contributed by atoms with E-state index in [0.29, 0.717) is 12.5 Å². The SMILES string of the molecule is CCC(CC)CNC(=O)Nc1cccc(OC)c1. The molecule has 18 heavy (non-hydrogen) atoms. The molecular weight excluding hydrogens is 228 g/mol. The molecule has 2 amide bonds. The summed E-state index contributed by atoms with van der Waals surface area (Å²) in [5.41, 5.74) is 0.733. The van der Waals surface area contributed by atoms with Crippen molar-refractivity contribution >= 4 is 11.7 Å². The second-order valence-electron chi connectivity index (χ2n) is 4.25. The van der Waals surface area contributed by atoms with Gasteiger partial charge in [-0.2, -0.15) is 0 Å². The van der Waals surface area contributed by atoms with Gasteiger partial charge in [0.2, 0.25) is 0 Å². The molecule has 0 radical (unpaired) electrons. The lowest BCUT2D eigenvalue weighted by atomic mass is 10.0. The van der Waals surface area contributed by atoms with Gasteiger partial charge in [-0.3, -0.25) is 0 Å². The number of benzene rings is 1. The van der Waals surface area contributed by atoms with Crippen LogP contribution in [0.5, 0.6) is 5.75 Å². The van der Waals surface area contributed by atoms with Gasteiger partial charge in [-0.15, -0.1) is 0 Å². The van der Waals surface area contributed by atoms with Crippen LogP contribution in [0.3, 0.4) is 0 Å². The molecule has 0 spiro atoms. The molecule has 0 aliphatic carbocycles. The molecule has 0 aromatic heterocycles. The van der Waals surface area contributed by atoms with Gasteiger partial charge in [0.15, 0.2) is 0 Å². The Balaban J connectivity index is 2.44. The van der Waals surface area contributed by atoms with Gasteiger partial charge in [0.05, 0.1) is 7.11 Å². The minimum atomic E-state index is -0.171. The van der Waals surface area contributed by atoms with Crippen molar-refractivity contribution < 1.29 is 9.53 Å². The predicted octanol–water partition coefficient (Wildman–Crippen LogP) is 3.25. The Morgan fingerprint density at radius 1 is 1.33 bits per heavy atom. The maximum absolute atomic E-state index is 11.7. The molecule has 4 nitrogen and oxygen atoms in total. The second kappa shape index (κ2) is 7.58. The van der Waals surface area contributed by atoms with Crippen LogP contribution in [0.4, 0.5) is 10.5 Å². The lowest BCUT2D eigenvalue weighted by molar-refractivity contribution is 0.249. The molecule has 1 aromatic rings. The molecule has 1 rings (SSSR count). The molecule has 1 aromatic carbocycles. The average molecular weight is 250 g/mol. The zero-order valence-corrected chi connectivity index (χ0v) is 11.3. The van der Waals surface area contributed by atoms with Crippen LogP contribution in [-0.2, 0) is 0 Å². The lowest BCUT2D eigenvalue weighted by Gasteiger charge is -2.14. The first-order chi connectivity index (χ1) is 8.69. The summed E-state index contributed by atoms with van der Waals surface area (Å²) >= 11 is 0. The Morgan fingerprint density at radius 3 is 2.67 bits per heavy atom. The van der Waals surface area contributed by atoms with Gasteiger partial charge in [0.1, 0.15) is 5.75 Å². The molecule has 0 aliphatic heterocycles. The maximum atomic E-state index is 11.7. The average Bonchev–Trinajstić information content (AvgIpc) is 2.40. The molecule has 0 saturated carbocycles. The van der Waals surface area contributed by atoms with Crippen molar-refractivity contribution in [1.29, 1.82) is 0 Å². The van der Waals surface area contributed by atoms with E-state index in [2.05, 4.69) is 24.5 Å². The Hall–Kier alpha value is -1.71. The number of amides is 2. The standard InChI is InChI=1S/C14H22N2O2/c1-4-11(5-2)10-15-14(17)16-12-7-6-8-13(9-12)18-3/h6-9,11H,4-5,10H2,1-3H3,(H2,15,16,17). The molecule has 0 fully saturated rings. The quantitative estimate of drug-likeness (QED) is 0.814. The van der Waals surface area contributed by atoms with Gasteiger partial charge in [-0.05, 0) is 18.1 Å². The fourth-order valence-corrected chi connectivity index (χ4v) is 1.69. The molecule has 100 valence electrons. The van der Waals surface area contributed by atoms with Crippen molar-refractivity contribution in [3.05, 3.63) is 24.3 Å². The number of anilines is 1. The van der Waals surface area contributed by atoms with Crippen LogP contribution in [0.2, 0.25) is 0 Å². The highest BCUT2D eigenvalue weighted by Gasteiger charge is 2.06. The van der Waals surface area contributed by atoms with E-state index in [-0.39, 0.29) is 6.03 Å². The highest BCUT2D eigenvalue weighted by molar-refractivity contribution is 5.89. The predicted molar refractivity (Wildman–Crippen MR) is 74.1 cm³/mol. The lowest BCUT2D eigenvalue weighted by Crippen LogP contribution is -2.32. The van der Waals surface area contributed by atoms with Crippen molar-refractivity contribution in [2.45, 2.75) is 26.7 Å². The summed E-state index contributed by atoms with van der Waals surface area (Å²) in [5, 5.41) is 5.67. The van der Waals surface area contributed by atoms with Crippen molar-refractivity contribution in [3.8, 4) is 5.75 Å². The van der Waals surface area contributed by atoms with Crippen LogP contribution in [0.15, 0.2) is 24.3 Å². The second-order valence-corrected chi connectivity index (χ2v) is 4.25. The summed E-state index contributed by atoms with van der Waals surface area (Å²) in [6.45, 7) is 4.98. The topological polar surface area (TPSA) is 50.4 Å². The van der Waals surface area contributed by atoms with E-state index in [4.69, 9.17) is 4.74 Å². The molecule has 0 aliphatic rings. The van der Waals surface area contributed by atoms with Crippen LogP contribution in [0, 0.1) is 5.92 Å². The highest BCUT2D eigenvalue weighted by Crippen LogP contribution is 2.16. The molecule has 0 saturated heterocycles. The van der Waals surface area contributed by atoms with E-state index in [0.717, 1.165) is 24.3 Å². The van der Waals surface area contributed by atoms with Crippen LogP contribution < -0.4 is 15.4 Å². The number of hydrogen-bond acceptors (Lipinski definition) is 2. The molecule has 0 bridgehead atoms. The summed E-state index contributed by atoms with van der Waals surface area (Å²) in [6.07, 6.45) is 2.16. The molecule has 0 heterocycles. The minimum absolute atomic E-state index is 0.171. The van der Waals surface area contributed by atoms with Crippen LogP contribution >= 0.6 is 0 Å². The number of ether oxygens (including phenoxy) is 1. The zero-order valence-electron chi connectivity index (χ0n) is 11.3. The number of methoxy groups -OCH3 is 1. The third kappa shape index (κ3) is 4.65. The summed E-state index contributed by atoms with van der Waals surface area (Å²) in [6, 6.07) is 7.13. The van der Waals surface area contributed by atoms with E-state index < -0.39 is 0 Å². The van der Waals surface area contributed by atoms with Crippen LogP contribution in [-0.4, -0.2) is 19.7 Å². The first-order valence-corrected chi connectivity index (χ1v) is 6.38. The van der Waals surface area contributed by atoms with Crippen LogP contribution in [0.1, 0.15) is 26.7 Å².